The van der Waals surface area contributed by atoms with Crippen molar-refractivity contribution < 1.29 is 14.7 Å². The molecule has 1 fully saturated rings. The number of hydrogen-bond acceptors (Lipinski definition) is 3. The Morgan fingerprint density at radius 3 is 2.20 bits per heavy atom. The molecule has 0 saturated carbocycles. The molecule has 1 atom stereocenters. The monoisotopic (exact) mass is 457 g/mol. The molecule has 0 bridgehead atoms. The lowest BCUT2D eigenvalue weighted by Crippen LogP contribution is -2.29. The number of hydrogen-bond donors (Lipinski definition) is 1. The first kappa shape index (κ1) is 20.5. The van der Waals surface area contributed by atoms with Crippen LogP contribution in [0.3, 0.4) is 0 Å². The lowest BCUT2D eigenvalue weighted by Gasteiger charge is -2.26. The van der Waals surface area contributed by atoms with Gasteiger partial charge in [-0.1, -0.05) is 77.3 Å². The minimum Gasteiger partial charge on any atom is -0.507 e. The number of nitrogens with zero attached hydrogens (tertiary/aromatic N) is 1. The average molecular weight is 459 g/mol. The lowest BCUT2D eigenvalue weighted by molar-refractivity contribution is -0.132. The molecule has 3 aromatic carbocycles. The third-order valence-corrected chi connectivity index (χ3v) is 5.63. The summed E-state index contributed by atoms with van der Waals surface area (Å²) in [5, 5.41) is 12.1. The summed E-state index contributed by atoms with van der Waals surface area (Å²) in [6, 6.07) is 19.0. The summed E-state index contributed by atoms with van der Waals surface area (Å²) in [6.07, 6.45) is 0. The zero-order valence-corrected chi connectivity index (χ0v) is 17.6. The Kier molecular flexibility index (Phi) is 5.56. The molecule has 1 aliphatic heterocycles. The number of rotatable bonds is 3. The number of aliphatic hydroxyl groups excluding tert-OH is 1. The summed E-state index contributed by atoms with van der Waals surface area (Å²) in [5.74, 6) is -1.88. The number of carbonyl (C=O) groups excluding carboxylic acids is 2. The van der Waals surface area contributed by atoms with E-state index in [1.807, 2.05) is 0 Å². The van der Waals surface area contributed by atoms with E-state index in [-0.39, 0.29) is 16.4 Å². The molecule has 0 radical (unpaired) electrons. The molecule has 7 heteroatoms. The fraction of sp³-hybridized carbons (Fsp3) is 0.0435. The normalized spacial score (nSPS) is 18.1. The van der Waals surface area contributed by atoms with Crippen molar-refractivity contribution >= 4 is 57.9 Å². The first-order valence-corrected chi connectivity index (χ1v) is 10.1. The van der Waals surface area contributed by atoms with Crippen molar-refractivity contribution in [2.24, 2.45) is 0 Å². The van der Waals surface area contributed by atoms with Crippen LogP contribution < -0.4 is 4.90 Å². The van der Waals surface area contributed by atoms with Gasteiger partial charge < -0.3 is 5.11 Å². The Balaban J connectivity index is 1.99. The van der Waals surface area contributed by atoms with Crippen LogP contribution in [0.4, 0.5) is 5.69 Å². The molecule has 0 aromatic heterocycles. The van der Waals surface area contributed by atoms with E-state index < -0.39 is 17.7 Å². The molecule has 30 heavy (non-hydrogen) atoms. The molecule has 1 N–H and O–H groups in total. The van der Waals surface area contributed by atoms with Crippen molar-refractivity contribution in [3.05, 3.63) is 105 Å². The average Bonchev–Trinajstić information content (AvgIpc) is 2.99. The molecule has 3 aromatic rings. The Hall–Kier alpha value is -2.79. The Labute approximate surface area is 187 Å². The smallest absolute Gasteiger partial charge is 0.300 e. The van der Waals surface area contributed by atoms with Gasteiger partial charge in [-0.05, 0) is 35.9 Å². The fourth-order valence-electron chi connectivity index (χ4n) is 3.49. The highest BCUT2D eigenvalue weighted by atomic mass is 35.5. The maximum Gasteiger partial charge on any atom is 0.300 e. The molecule has 1 aliphatic rings. The van der Waals surface area contributed by atoms with Crippen molar-refractivity contribution in [3.8, 4) is 0 Å². The van der Waals surface area contributed by atoms with Crippen LogP contribution in [0.1, 0.15) is 17.2 Å². The standard InChI is InChI=1S/C23H14Cl3NO3/c24-14-7-4-8-16(11-14)27-20(17-10-9-15(25)12-18(17)26)19(22(29)23(27)30)21(28)13-5-2-1-3-6-13/h1-12,20,28H/t20-/m0/s1. The van der Waals surface area contributed by atoms with Crippen molar-refractivity contribution in [1.82, 2.24) is 0 Å². The Bertz CT molecular complexity index is 1190. The third kappa shape index (κ3) is 3.58. The number of halogens is 3. The highest BCUT2D eigenvalue weighted by Gasteiger charge is 2.47. The largest absolute Gasteiger partial charge is 0.507 e. The summed E-state index contributed by atoms with van der Waals surface area (Å²) >= 11 is 18.6. The zero-order chi connectivity index (χ0) is 21.4. The van der Waals surface area contributed by atoms with Crippen LogP contribution in [0.5, 0.6) is 0 Å². The number of Topliss-reactive ketones (excluding diaryl/α,β-unsaturated/α-hetero) is 1. The molecule has 1 saturated heterocycles. The summed E-state index contributed by atoms with van der Waals surface area (Å²) in [6.45, 7) is 0. The first-order chi connectivity index (χ1) is 14.4. The molecule has 1 heterocycles. The quantitative estimate of drug-likeness (QED) is 0.286. The summed E-state index contributed by atoms with van der Waals surface area (Å²) < 4.78 is 0. The molecular weight excluding hydrogens is 445 g/mol. The zero-order valence-electron chi connectivity index (χ0n) is 15.4. The van der Waals surface area contributed by atoms with Crippen LogP contribution in [-0.4, -0.2) is 16.8 Å². The molecule has 0 aliphatic carbocycles. The number of aliphatic hydroxyl groups is 1. The number of carbonyl (C=O) groups is 2. The second-order valence-corrected chi connectivity index (χ2v) is 7.96. The van der Waals surface area contributed by atoms with Gasteiger partial charge in [-0.2, -0.15) is 0 Å². The third-order valence-electron chi connectivity index (χ3n) is 4.84. The Morgan fingerprint density at radius 1 is 0.833 bits per heavy atom. The molecular formula is C23H14Cl3NO3. The SMILES string of the molecule is O=C1C(=O)N(c2cccc(Cl)c2)[C@@H](c2ccc(Cl)cc2Cl)C1=C(O)c1ccccc1. The van der Waals surface area contributed by atoms with Gasteiger partial charge in [-0.3, -0.25) is 14.5 Å². The van der Waals surface area contributed by atoms with Gasteiger partial charge in [0.15, 0.2) is 0 Å². The van der Waals surface area contributed by atoms with Crippen LogP contribution in [-0.2, 0) is 9.59 Å². The minimum atomic E-state index is -0.951. The second kappa shape index (κ2) is 8.15. The number of anilines is 1. The van der Waals surface area contributed by atoms with E-state index in [0.717, 1.165) is 0 Å². The van der Waals surface area contributed by atoms with Crippen LogP contribution in [0.15, 0.2) is 78.4 Å². The van der Waals surface area contributed by atoms with E-state index in [1.54, 1.807) is 66.7 Å². The van der Waals surface area contributed by atoms with E-state index in [4.69, 9.17) is 34.8 Å². The van der Waals surface area contributed by atoms with E-state index >= 15 is 0 Å². The summed E-state index contributed by atoms with van der Waals surface area (Å²) in [7, 11) is 0. The van der Waals surface area contributed by atoms with E-state index in [0.29, 0.717) is 26.9 Å². The molecule has 1 amide bonds. The molecule has 4 nitrogen and oxygen atoms in total. The fourth-order valence-corrected chi connectivity index (χ4v) is 4.19. The topological polar surface area (TPSA) is 57.6 Å². The number of benzene rings is 3. The van der Waals surface area contributed by atoms with E-state index in [1.165, 1.54) is 11.0 Å². The Morgan fingerprint density at radius 2 is 1.53 bits per heavy atom. The summed E-state index contributed by atoms with van der Waals surface area (Å²) in [4.78, 5) is 27.4. The van der Waals surface area contributed by atoms with Crippen molar-refractivity contribution in [1.29, 1.82) is 0 Å². The first-order valence-electron chi connectivity index (χ1n) is 8.95. The predicted molar refractivity (Wildman–Crippen MR) is 119 cm³/mol. The van der Waals surface area contributed by atoms with E-state index in [9.17, 15) is 14.7 Å². The van der Waals surface area contributed by atoms with Crippen molar-refractivity contribution in [2.45, 2.75) is 6.04 Å². The number of ketones is 1. The number of amides is 1. The predicted octanol–water partition coefficient (Wildman–Crippen LogP) is 6.27. The molecule has 150 valence electrons. The van der Waals surface area contributed by atoms with Crippen LogP contribution >= 0.6 is 34.8 Å². The molecule has 0 spiro atoms. The maximum atomic E-state index is 13.0. The van der Waals surface area contributed by atoms with Crippen LogP contribution in [0.25, 0.3) is 5.76 Å². The van der Waals surface area contributed by atoms with Crippen LogP contribution in [0.2, 0.25) is 15.1 Å². The van der Waals surface area contributed by atoms with Gasteiger partial charge in [0.05, 0.1) is 11.6 Å². The highest BCUT2D eigenvalue weighted by molar-refractivity contribution is 6.52. The van der Waals surface area contributed by atoms with Gasteiger partial charge in [-0.25, -0.2) is 0 Å². The van der Waals surface area contributed by atoms with Crippen molar-refractivity contribution in [3.63, 3.8) is 0 Å². The highest BCUT2D eigenvalue weighted by Crippen LogP contribution is 2.44. The lowest BCUT2D eigenvalue weighted by atomic mass is 9.95. The van der Waals surface area contributed by atoms with Gasteiger partial charge >= 0.3 is 0 Å². The van der Waals surface area contributed by atoms with Gasteiger partial charge in [0.2, 0.25) is 0 Å². The second-order valence-electron chi connectivity index (χ2n) is 6.68. The molecule has 0 unspecified atom stereocenters. The minimum absolute atomic E-state index is 0.0598. The van der Waals surface area contributed by atoms with Gasteiger partial charge in [0, 0.05) is 26.3 Å². The molecule has 4 rings (SSSR count). The summed E-state index contributed by atoms with van der Waals surface area (Å²) in [5.41, 5.74) is 1.22. The van der Waals surface area contributed by atoms with Gasteiger partial charge in [-0.15, -0.1) is 0 Å². The van der Waals surface area contributed by atoms with E-state index in [2.05, 4.69) is 0 Å². The van der Waals surface area contributed by atoms with Crippen LogP contribution in [0, 0.1) is 0 Å². The van der Waals surface area contributed by atoms with Gasteiger partial charge in [0.25, 0.3) is 11.7 Å². The maximum absolute atomic E-state index is 13.0. The van der Waals surface area contributed by atoms with Gasteiger partial charge in [0.1, 0.15) is 5.76 Å². The van der Waals surface area contributed by atoms with Crippen molar-refractivity contribution in [2.75, 3.05) is 4.90 Å².